The molecule has 112 valence electrons. The Hall–Kier alpha value is -2.33. The van der Waals surface area contributed by atoms with E-state index in [9.17, 15) is 9.18 Å². The van der Waals surface area contributed by atoms with E-state index in [2.05, 4.69) is 10.3 Å². The number of aromatic amines is 1. The Labute approximate surface area is 132 Å². The van der Waals surface area contributed by atoms with E-state index < -0.39 is 5.82 Å². The molecule has 2 aromatic carbocycles. The number of hydrogen-bond acceptors (Lipinski definition) is 1. The monoisotopic (exact) mass is 316 g/mol. The molecule has 1 heterocycles. The Morgan fingerprint density at radius 3 is 2.68 bits per heavy atom. The van der Waals surface area contributed by atoms with Crippen molar-refractivity contribution in [2.24, 2.45) is 0 Å². The Balaban J connectivity index is 1.93. The first kappa shape index (κ1) is 14.6. The molecule has 22 heavy (non-hydrogen) atoms. The van der Waals surface area contributed by atoms with Gasteiger partial charge in [0.05, 0.1) is 5.69 Å². The number of carbonyl (C=O) groups excluding carboxylic acids is 1. The van der Waals surface area contributed by atoms with Crippen LogP contribution in [0.1, 0.15) is 21.6 Å². The van der Waals surface area contributed by atoms with E-state index in [0.29, 0.717) is 5.56 Å². The summed E-state index contributed by atoms with van der Waals surface area (Å²) in [5.41, 5.74) is 3.73. The van der Waals surface area contributed by atoms with Gasteiger partial charge in [-0.3, -0.25) is 4.79 Å². The van der Waals surface area contributed by atoms with Crippen molar-refractivity contribution in [3.63, 3.8) is 0 Å². The van der Waals surface area contributed by atoms with E-state index in [0.717, 1.165) is 22.2 Å². The first-order valence-corrected chi connectivity index (χ1v) is 7.19. The number of benzene rings is 2. The van der Waals surface area contributed by atoms with Crippen LogP contribution < -0.4 is 5.32 Å². The lowest BCUT2D eigenvalue weighted by Gasteiger charge is -2.07. The average Bonchev–Trinajstić information content (AvgIpc) is 2.77. The minimum atomic E-state index is -0.560. The quantitative estimate of drug-likeness (QED) is 0.699. The zero-order valence-electron chi connectivity index (χ0n) is 12.1. The molecule has 2 N–H and O–H groups in total. The van der Waals surface area contributed by atoms with Gasteiger partial charge >= 0.3 is 0 Å². The van der Waals surface area contributed by atoms with E-state index in [1.807, 2.05) is 19.9 Å². The van der Waals surface area contributed by atoms with Crippen LogP contribution in [0.15, 0.2) is 36.4 Å². The number of fused-ring (bicyclic) bond motifs is 1. The van der Waals surface area contributed by atoms with Crippen LogP contribution in [0.5, 0.6) is 0 Å². The summed E-state index contributed by atoms with van der Waals surface area (Å²) in [4.78, 5) is 15.5. The van der Waals surface area contributed by atoms with Crippen LogP contribution in [-0.4, -0.2) is 10.9 Å². The zero-order chi connectivity index (χ0) is 15.9. The van der Waals surface area contributed by atoms with Crippen molar-refractivity contribution in [2.45, 2.75) is 13.8 Å². The predicted molar refractivity (Wildman–Crippen MR) is 87.1 cm³/mol. The number of rotatable bonds is 2. The van der Waals surface area contributed by atoms with Crippen molar-refractivity contribution in [1.82, 2.24) is 4.98 Å². The summed E-state index contributed by atoms with van der Waals surface area (Å²) in [6.07, 6.45) is 0. The third-order valence-corrected chi connectivity index (χ3v) is 3.98. The molecule has 0 spiro atoms. The van der Waals surface area contributed by atoms with Gasteiger partial charge in [-0.1, -0.05) is 11.6 Å². The number of halogens is 2. The van der Waals surface area contributed by atoms with Crippen molar-refractivity contribution in [3.05, 3.63) is 64.1 Å². The van der Waals surface area contributed by atoms with Crippen molar-refractivity contribution in [2.75, 3.05) is 5.32 Å². The molecule has 0 aliphatic heterocycles. The third-order valence-electron chi connectivity index (χ3n) is 3.75. The second-order valence-electron chi connectivity index (χ2n) is 5.21. The highest BCUT2D eigenvalue weighted by molar-refractivity contribution is 6.30. The normalized spacial score (nSPS) is 10.9. The first-order chi connectivity index (χ1) is 10.5. The van der Waals surface area contributed by atoms with Gasteiger partial charge in [0.2, 0.25) is 0 Å². The highest BCUT2D eigenvalue weighted by Gasteiger charge is 2.12. The Morgan fingerprint density at radius 1 is 1.18 bits per heavy atom. The fourth-order valence-corrected chi connectivity index (χ4v) is 2.55. The van der Waals surface area contributed by atoms with Crippen LogP contribution in [0.25, 0.3) is 10.9 Å². The van der Waals surface area contributed by atoms with E-state index in [1.54, 1.807) is 12.1 Å². The topological polar surface area (TPSA) is 44.9 Å². The van der Waals surface area contributed by atoms with Crippen molar-refractivity contribution in [1.29, 1.82) is 0 Å². The highest BCUT2D eigenvalue weighted by atomic mass is 35.5. The van der Waals surface area contributed by atoms with Gasteiger partial charge in [-0.25, -0.2) is 4.39 Å². The molecule has 0 atom stereocenters. The lowest BCUT2D eigenvalue weighted by Crippen LogP contribution is -2.12. The minimum absolute atomic E-state index is 0.108. The molecule has 1 aromatic heterocycles. The summed E-state index contributed by atoms with van der Waals surface area (Å²) in [6, 6.07) is 9.50. The average molecular weight is 317 g/mol. The molecule has 3 rings (SSSR count). The second kappa shape index (κ2) is 5.46. The Morgan fingerprint density at radius 2 is 1.95 bits per heavy atom. The van der Waals surface area contributed by atoms with Gasteiger partial charge in [0.15, 0.2) is 0 Å². The second-order valence-corrected chi connectivity index (χ2v) is 5.65. The number of aryl methyl sites for hydroxylation is 2. The van der Waals surface area contributed by atoms with Crippen molar-refractivity contribution in [3.8, 4) is 0 Å². The number of hydrogen-bond donors (Lipinski definition) is 2. The maximum absolute atomic E-state index is 13.7. The SMILES string of the molecule is Cc1[nH]c2ccc(C(=O)Nc3ccc(Cl)cc3F)cc2c1C. The fourth-order valence-electron chi connectivity index (χ4n) is 2.39. The van der Waals surface area contributed by atoms with E-state index in [-0.39, 0.29) is 16.6 Å². The highest BCUT2D eigenvalue weighted by Crippen LogP contribution is 2.24. The van der Waals surface area contributed by atoms with Crippen LogP contribution >= 0.6 is 11.6 Å². The lowest BCUT2D eigenvalue weighted by molar-refractivity contribution is 0.102. The van der Waals surface area contributed by atoms with Gasteiger partial charge in [0, 0.05) is 27.2 Å². The summed E-state index contributed by atoms with van der Waals surface area (Å²) in [6.45, 7) is 3.98. The molecule has 0 aliphatic rings. The summed E-state index contributed by atoms with van der Waals surface area (Å²) in [5.74, 6) is -0.919. The van der Waals surface area contributed by atoms with Gasteiger partial charge in [-0.05, 0) is 55.8 Å². The molecule has 0 fully saturated rings. The van der Waals surface area contributed by atoms with Gasteiger partial charge in [0.25, 0.3) is 5.91 Å². The van der Waals surface area contributed by atoms with Gasteiger partial charge in [0.1, 0.15) is 5.82 Å². The smallest absolute Gasteiger partial charge is 0.255 e. The largest absolute Gasteiger partial charge is 0.358 e. The molecule has 0 unspecified atom stereocenters. The molecule has 0 saturated carbocycles. The molecule has 5 heteroatoms. The maximum Gasteiger partial charge on any atom is 0.255 e. The lowest BCUT2D eigenvalue weighted by atomic mass is 10.1. The fraction of sp³-hybridized carbons (Fsp3) is 0.118. The van der Waals surface area contributed by atoms with Gasteiger partial charge in [-0.15, -0.1) is 0 Å². The van der Waals surface area contributed by atoms with E-state index >= 15 is 0 Å². The molecule has 1 amide bonds. The standard InChI is InChI=1S/C17H14ClFN2O/c1-9-10(2)20-15-5-3-11(7-13(9)15)17(22)21-16-6-4-12(18)8-14(16)19/h3-8,20H,1-2H3,(H,21,22). The molecule has 3 aromatic rings. The number of amides is 1. The van der Waals surface area contributed by atoms with E-state index in [1.165, 1.54) is 18.2 Å². The Kier molecular flexibility index (Phi) is 3.62. The van der Waals surface area contributed by atoms with Crippen LogP contribution in [0.3, 0.4) is 0 Å². The van der Waals surface area contributed by atoms with Crippen LogP contribution in [0, 0.1) is 19.7 Å². The third kappa shape index (κ3) is 2.57. The Bertz CT molecular complexity index is 886. The van der Waals surface area contributed by atoms with Crippen molar-refractivity contribution >= 4 is 34.1 Å². The van der Waals surface area contributed by atoms with Crippen LogP contribution in [0.2, 0.25) is 5.02 Å². The summed E-state index contributed by atoms with van der Waals surface area (Å²) in [7, 11) is 0. The van der Waals surface area contributed by atoms with Crippen molar-refractivity contribution < 1.29 is 9.18 Å². The van der Waals surface area contributed by atoms with E-state index in [4.69, 9.17) is 11.6 Å². The molecule has 0 radical (unpaired) electrons. The molecule has 0 aliphatic carbocycles. The van der Waals surface area contributed by atoms with Gasteiger partial charge in [-0.2, -0.15) is 0 Å². The molecular weight excluding hydrogens is 303 g/mol. The predicted octanol–water partition coefficient (Wildman–Crippen LogP) is 4.83. The van der Waals surface area contributed by atoms with Gasteiger partial charge < -0.3 is 10.3 Å². The maximum atomic E-state index is 13.7. The molecule has 3 nitrogen and oxygen atoms in total. The number of nitrogens with one attached hydrogen (secondary N) is 2. The van der Waals surface area contributed by atoms with Crippen LogP contribution in [0.4, 0.5) is 10.1 Å². The number of H-pyrrole nitrogens is 1. The zero-order valence-corrected chi connectivity index (χ0v) is 12.9. The first-order valence-electron chi connectivity index (χ1n) is 6.81. The summed E-state index contributed by atoms with van der Waals surface area (Å²) < 4.78 is 13.7. The number of anilines is 1. The molecule has 0 saturated heterocycles. The number of aromatic nitrogens is 1. The van der Waals surface area contributed by atoms with Crippen LogP contribution in [-0.2, 0) is 0 Å². The summed E-state index contributed by atoms with van der Waals surface area (Å²) in [5, 5.41) is 3.84. The summed E-state index contributed by atoms with van der Waals surface area (Å²) >= 11 is 5.70. The minimum Gasteiger partial charge on any atom is -0.358 e. The number of carbonyl (C=O) groups is 1. The molecule has 0 bridgehead atoms. The molecular formula is C17H14ClFN2O.